The lowest BCUT2D eigenvalue weighted by atomic mass is 9.66. The number of imide groups is 2. The summed E-state index contributed by atoms with van der Waals surface area (Å²) in [5, 5.41) is 4.10. The molecule has 4 amide bonds. The van der Waals surface area contributed by atoms with E-state index in [2.05, 4.69) is 10.6 Å². The number of morpholine rings is 1. The van der Waals surface area contributed by atoms with Gasteiger partial charge in [0.25, 0.3) is 0 Å². The molecule has 0 bridgehead atoms. The molecule has 0 aromatic heterocycles. The van der Waals surface area contributed by atoms with Crippen molar-refractivity contribution in [2.45, 2.75) is 49.0 Å². The van der Waals surface area contributed by atoms with Gasteiger partial charge in [0.1, 0.15) is 0 Å². The van der Waals surface area contributed by atoms with Crippen molar-refractivity contribution in [1.82, 2.24) is 10.6 Å². The minimum Gasteiger partial charge on any atom is -0.361 e. The lowest BCUT2D eigenvalue weighted by Gasteiger charge is -2.56. The van der Waals surface area contributed by atoms with Gasteiger partial charge in [-0.25, -0.2) is 4.79 Å². The van der Waals surface area contributed by atoms with E-state index in [1.54, 1.807) is 6.92 Å². The van der Waals surface area contributed by atoms with E-state index in [-0.39, 0.29) is 24.0 Å². The number of carbonyl (C=O) groups excluding carboxylic acids is 4. The Bertz CT molecular complexity index is 1030. The molecule has 3 aliphatic heterocycles. The Morgan fingerprint density at radius 1 is 1.24 bits per heavy atom. The smallest absolute Gasteiger partial charge is 0.361 e. The molecule has 3 aliphatic rings. The van der Waals surface area contributed by atoms with Gasteiger partial charge in [0.2, 0.25) is 11.8 Å². The first kappa shape index (κ1) is 23.8. The Morgan fingerprint density at radius 2 is 1.88 bits per heavy atom. The van der Waals surface area contributed by atoms with Crippen LogP contribution in [0.3, 0.4) is 0 Å². The topological polar surface area (TPSA) is 105 Å². The summed E-state index contributed by atoms with van der Waals surface area (Å²) in [4.78, 5) is 50.2. The molecule has 0 radical (unpaired) electrons. The second kappa shape index (κ2) is 8.14. The second-order valence-corrected chi connectivity index (χ2v) is 9.20. The number of hydrogen-bond donors (Lipinski definition) is 2. The zero-order valence-corrected chi connectivity index (χ0v) is 18.6. The van der Waals surface area contributed by atoms with Crippen LogP contribution in [0.15, 0.2) is 18.2 Å². The molecule has 0 unspecified atom stereocenters. The number of amides is 4. The summed E-state index contributed by atoms with van der Waals surface area (Å²) in [6, 6.07) is 2.01. The fourth-order valence-corrected chi connectivity index (χ4v) is 5.09. The Morgan fingerprint density at radius 3 is 2.42 bits per heavy atom. The predicted molar refractivity (Wildman–Crippen MR) is 110 cm³/mol. The average molecular weight is 508 g/mol. The van der Waals surface area contributed by atoms with Gasteiger partial charge in [0, 0.05) is 11.3 Å². The number of carbonyl (C=O) groups is 4. The molecule has 4 rings (SSSR count). The molecule has 178 valence electrons. The summed E-state index contributed by atoms with van der Waals surface area (Å²) in [5.74, 6) is -2.55. The van der Waals surface area contributed by atoms with Gasteiger partial charge in [-0.3, -0.25) is 25.0 Å². The Balaban J connectivity index is 1.91. The molecule has 13 heteroatoms. The summed E-state index contributed by atoms with van der Waals surface area (Å²) >= 11 is 11.3. The number of anilines is 1. The number of rotatable bonds is 3. The lowest BCUT2D eigenvalue weighted by molar-refractivity contribution is -0.245. The summed E-state index contributed by atoms with van der Waals surface area (Å²) in [6.45, 7) is 0.895. The third-order valence-electron chi connectivity index (χ3n) is 6.27. The molecule has 2 fully saturated rings. The van der Waals surface area contributed by atoms with Crippen molar-refractivity contribution in [3.05, 3.63) is 29.3 Å². The van der Waals surface area contributed by atoms with Crippen LogP contribution in [0.4, 0.5) is 23.7 Å². The number of hydrogen-bond acceptors (Lipinski definition) is 6. The number of halogens is 5. The molecule has 0 saturated carbocycles. The molecule has 3 atom stereocenters. The van der Waals surface area contributed by atoms with Crippen molar-refractivity contribution >= 4 is 52.5 Å². The number of ketones is 1. The normalized spacial score (nSPS) is 26.6. The molecule has 1 aromatic rings. The number of nitrogens with zero attached hydrogens (tertiary/aromatic N) is 1. The van der Waals surface area contributed by atoms with Crippen molar-refractivity contribution in [3.8, 4) is 0 Å². The maximum atomic E-state index is 13.7. The van der Waals surface area contributed by atoms with Gasteiger partial charge in [-0.05, 0) is 36.6 Å². The van der Waals surface area contributed by atoms with Gasteiger partial charge in [-0.15, -0.1) is 0 Å². The largest absolute Gasteiger partial charge is 0.416 e. The van der Waals surface area contributed by atoms with Gasteiger partial charge in [0.15, 0.2) is 22.1 Å². The number of benzene rings is 1. The van der Waals surface area contributed by atoms with Crippen LogP contribution < -0.4 is 15.5 Å². The van der Waals surface area contributed by atoms with E-state index in [1.165, 1.54) is 23.1 Å². The Hall–Kier alpha value is -2.37. The van der Waals surface area contributed by atoms with E-state index in [0.717, 1.165) is 0 Å². The zero-order valence-electron chi connectivity index (χ0n) is 17.0. The third-order valence-corrected chi connectivity index (χ3v) is 6.66. The second-order valence-electron chi connectivity index (χ2n) is 8.10. The molecular weight excluding hydrogens is 490 g/mol. The van der Waals surface area contributed by atoms with Gasteiger partial charge in [-0.1, -0.05) is 30.1 Å². The van der Waals surface area contributed by atoms with Gasteiger partial charge >= 0.3 is 12.2 Å². The van der Waals surface area contributed by atoms with Crippen LogP contribution in [-0.2, 0) is 20.7 Å². The van der Waals surface area contributed by atoms with Crippen LogP contribution in [0.25, 0.3) is 0 Å². The molecule has 2 N–H and O–H groups in total. The number of alkyl halides is 5. The summed E-state index contributed by atoms with van der Waals surface area (Å²) in [5.41, 5.74) is -1.32. The van der Waals surface area contributed by atoms with Crippen molar-refractivity contribution in [2.75, 3.05) is 11.4 Å². The Kier molecular flexibility index (Phi) is 5.86. The first-order valence-electron chi connectivity index (χ1n) is 10.0. The van der Waals surface area contributed by atoms with Crippen LogP contribution in [0, 0.1) is 5.41 Å². The maximum Gasteiger partial charge on any atom is 0.416 e. The number of ether oxygens (including phenoxy) is 1. The molecule has 33 heavy (non-hydrogen) atoms. The highest BCUT2D eigenvalue weighted by molar-refractivity contribution is 6.55. The van der Waals surface area contributed by atoms with E-state index in [1.807, 2.05) is 0 Å². The van der Waals surface area contributed by atoms with Gasteiger partial charge in [0.05, 0.1) is 18.7 Å². The third kappa shape index (κ3) is 3.75. The predicted octanol–water partition coefficient (Wildman–Crippen LogP) is 2.50. The number of barbiturate groups is 1. The van der Waals surface area contributed by atoms with E-state index in [4.69, 9.17) is 27.9 Å². The molecule has 3 heterocycles. The lowest BCUT2D eigenvalue weighted by Crippen LogP contribution is -2.76. The van der Waals surface area contributed by atoms with E-state index in [9.17, 15) is 32.3 Å². The van der Waals surface area contributed by atoms with Crippen molar-refractivity contribution in [2.24, 2.45) is 5.41 Å². The average Bonchev–Trinajstić information content (AvgIpc) is 2.74. The monoisotopic (exact) mass is 507 g/mol. The SMILES string of the molecule is CC[C@@H]1O[C@H](C(F)(F)F)CN2c3ccc(C(=O)C(Cl)Cl)cc3CC3(C(=O)NC(=O)NC3=O)[C@@H]12. The summed E-state index contributed by atoms with van der Waals surface area (Å²) < 4.78 is 46.3. The number of nitrogens with one attached hydrogen (secondary N) is 2. The Labute approximate surface area is 195 Å². The van der Waals surface area contributed by atoms with Crippen molar-refractivity contribution in [1.29, 1.82) is 0 Å². The fraction of sp³-hybridized carbons (Fsp3) is 0.500. The van der Waals surface area contributed by atoms with Crippen LogP contribution in [0.1, 0.15) is 29.3 Å². The number of Topliss-reactive ketones (excluding diaryl/α,β-unsaturated/α-hetero) is 1. The number of urea groups is 1. The first-order chi connectivity index (χ1) is 15.4. The summed E-state index contributed by atoms with van der Waals surface area (Å²) in [6.07, 6.45) is -8.23. The van der Waals surface area contributed by atoms with Crippen LogP contribution >= 0.6 is 23.2 Å². The zero-order chi connectivity index (χ0) is 24.3. The molecule has 2 saturated heterocycles. The molecule has 1 spiro atoms. The fourth-order valence-electron chi connectivity index (χ4n) is 4.84. The number of fused-ring (bicyclic) bond motifs is 4. The van der Waals surface area contributed by atoms with Crippen LogP contribution in [0.5, 0.6) is 0 Å². The van der Waals surface area contributed by atoms with Gasteiger partial charge in [-0.2, -0.15) is 13.2 Å². The van der Waals surface area contributed by atoms with E-state index >= 15 is 0 Å². The highest BCUT2D eigenvalue weighted by atomic mass is 35.5. The van der Waals surface area contributed by atoms with Gasteiger partial charge < -0.3 is 9.64 Å². The standard InChI is InChI=1S/C20H18Cl2F3N3O5/c1-2-11-14-19(16(30)26-18(32)27-17(19)31)6-9-5-8(13(29)15(21)22)3-4-10(9)28(14)7-12(33-11)20(23,24)25/h3-5,11-12,14-15H,2,6-7H2,1H3,(H2,26,27,30,31,32)/t11-,12-,14+/m0/s1. The highest BCUT2D eigenvalue weighted by Crippen LogP contribution is 2.48. The van der Waals surface area contributed by atoms with Crippen molar-refractivity contribution in [3.63, 3.8) is 0 Å². The van der Waals surface area contributed by atoms with E-state index < -0.39 is 64.9 Å². The quantitative estimate of drug-likeness (QED) is 0.370. The highest BCUT2D eigenvalue weighted by Gasteiger charge is 2.65. The minimum atomic E-state index is -4.70. The molecule has 0 aliphatic carbocycles. The van der Waals surface area contributed by atoms with Crippen LogP contribution in [0.2, 0.25) is 0 Å². The molecular formula is C20H18Cl2F3N3O5. The maximum absolute atomic E-state index is 13.7. The van der Waals surface area contributed by atoms with Crippen LogP contribution in [-0.4, -0.2) is 59.4 Å². The van der Waals surface area contributed by atoms with E-state index in [0.29, 0.717) is 5.69 Å². The van der Waals surface area contributed by atoms with Crippen molar-refractivity contribution < 1.29 is 37.1 Å². The molecule has 1 aromatic carbocycles. The first-order valence-corrected chi connectivity index (χ1v) is 10.9. The minimum absolute atomic E-state index is 0.0656. The summed E-state index contributed by atoms with van der Waals surface area (Å²) in [7, 11) is 0. The molecule has 8 nitrogen and oxygen atoms in total.